The van der Waals surface area contributed by atoms with Gasteiger partial charge in [0.15, 0.2) is 0 Å². The van der Waals surface area contributed by atoms with Gasteiger partial charge in [-0.3, -0.25) is 9.78 Å². The molecular formula is C10H13ClN2O. The van der Waals surface area contributed by atoms with Crippen LogP contribution in [0.15, 0.2) is 18.3 Å². The lowest BCUT2D eigenvalue weighted by molar-refractivity contribution is -0.119. The zero-order chi connectivity index (χ0) is 10.6. The number of nitrogens with one attached hydrogen (secondary N) is 1. The molecule has 0 radical (unpaired) electrons. The van der Waals surface area contributed by atoms with Crippen molar-refractivity contribution in [1.82, 2.24) is 10.3 Å². The van der Waals surface area contributed by atoms with Crippen LogP contribution in [-0.2, 0) is 4.79 Å². The number of pyridine rings is 1. The molecule has 0 aromatic carbocycles. The highest BCUT2D eigenvalue weighted by Crippen LogP contribution is 2.17. The molecule has 1 N–H and O–H groups in total. The van der Waals surface area contributed by atoms with Crippen molar-refractivity contribution in [3.05, 3.63) is 29.0 Å². The quantitative estimate of drug-likeness (QED) is 0.836. The van der Waals surface area contributed by atoms with E-state index in [9.17, 15) is 4.79 Å². The highest BCUT2D eigenvalue weighted by atomic mass is 35.5. The standard InChI is InChI=1S/C10H13ClN2O/c1-3-9(13-7(2)14)10-6-8(11)4-5-12-10/h4-6,9H,3H2,1-2H3,(H,13,14)/t9-/m1/s1. The molecule has 1 aromatic heterocycles. The van der Waals surface area contributed by atoms with Crippen molar-refractivity contribution in [2.45, 2.75) is 26.3 Å². The minimum absolute atomic E-state index is 0.0498. The molecule has 1 rings (SSSR count). The van der Waals surface area contributed by atoms with Crippen LogP contribution in [0.4, 0.5) is 0 Å². The summed E-state index contributed by atoms with van der Waals surface area (Å²) in [6.45, 7) is 3.48. The lowest BCUT2D eigenvalue weighted by Gasteiger charge is -2.14. The van der Waals surface area contributed by atoms with Crippen molar-refractivity contribution in [2.24, 2.45) is 0 Å². The molecular weight excluding hydrogens is 200 g/mol. The molecule has 0 bridgehead atoms. The van der Waals surface area contributed by atoms with Gasteiger partial charge >= 0.3 is 0 Å². The minimum Gasteiger partial charge on any atom is -0.348 e. The molecule has 0 unspecified atom stereocenters. The number of halogens is 1. The van der Waals surface area contributed by atoms with Crippen LogP contribution in [0, 0.1) is 0 Å². The average Bonchev–Trinajstić information content (AvgIpc) is 2.14. The van der Waals surface area contributed by atoms with Gasteiger partial charge in [0.05, 0.1) is 11.7 Å². The number of nitrogens with zero attached hydrogens (tertiary/aromatic N) is 1. The van der Waals surface area contributed by atoms with Crippen LogP contribution in [0.25, 0.3) is 0 Å². The van der Waals surface area contributed by atoms with Gasteiger partial charge in [0.2, 0.25) is 5.91 Å². The van der Waals surface area contributed by atoms with Gasteiger partial charge in [0.25, 0.3) is 0 Å². The predicted molar refractivity (Wildman–Crippen MR) is 56.1 cm³/mol. The summed E-state index contributed by atoms with van der Waals surface area (Å²) in [5.74, 6) is -0.0568. The minimum atomic E-state index is -0.0568. The molecule has 4 heteroatoms. The maximum Gasteiger partial charge on any atom is 0.217 e. The highest BCUT2D eigenvalue weighted by molar-refractivity contribution is 6.30. The second kappa shape index (κ2) is 4.96. The van der Waals surface area contributed by atoms with E-state index in [1.165, 1.54) is 6.92 Å². The largest absolute Gasteiger partial charge is 0.348 e. The number of aromatic nitrogens is 1. The van der Waals surface area contributed by atoms with Crippen LogP contribution in [-0.4, -0.2) is 10.9 Å². The molecule has 14 heavy (non-hydrogen) atoms. The third-order valence-corrected chi connectivity index (χ3v) is 2.12. The molecule has 0 aliphatic carbocycles. The number of hydrogen-bond donors (Lipinski definition) is 1. The summed E-state index contributed by atoms with van der Waals surface area (Å²) in [7, 11) is 0. The number of amides is 1. The molecule has 0 saturated heterocycles. The fraction of sp³-hybridized carbons (Fsp3) is 0.400. The molecule has 0 saturated carbocycles. The molecule has 76 valence electrons. The Morgan fingerprint density at radius 1 is 1.71 bits per heavy atom. The Balaban J connectivity index is 2.83. The number of rotatable bonds is 3. The van der Waals surface area contributed by atoms with E-state index in [-0.39, 0.29) is 11.9 Å². The van der Waals surface area contributed by atoms with Crippen LogP contribution in [0.1, 0.15) is 32.0 Å². The summed E-state index contributed by atoms with van der Waals surface area (Å²) >= 11 is 5.83. The molecule has 3 nitrogen and oxygen atoms in total. The van der Waals surface area contributed by atoms with Crippen molar-refractivity contribution < 1.29 is 4.79 Å². The Hall–Kier alpha value is -1.09. The van der Waals surface area contributed by atoms with Crippen LogP contribution >= 0.6 is 11.6 Å². The summed E-state index contributed by atoms with van der Waals surface area (Å²) in [6.07, 6.45) is 2.44. The molecule has 0 fully saturated rings. The maximum absolute atomic E-state index is 10.9. The second-order valence-corrected chi connectivity index (χ2v) is 3.50. The van der Waals surface area contributed by atoms with E-state index in [1.807, 2.05) is 6.92 Å². The average molecular weight is 213 g/mol. The third-order valence-electron chi connectivity index (χ3n) is 1.89. The van der Waals surface area contributed by atoms with Crippen molar-refractivity contribution in [3.8, 4) is 0 Å². The van der Waals surface area contributed by atoms with Gasteiger partial charge in [-0.1, -0.05) is 18.5 Å². The SMILES string of the molecule is CC[C@@H](NC(C)=O)c1cc(Cl)ccn1. The Bertz CT molecular complexity index is 328. The molecule has 0 aliphatic rings. The van der Waals surface area contributed by atoms with E-state index >= 15 is 0 Å². The summed E-state index contributed by atoms with van der Waals surface area (Å²) < 4.78 is 0. The Kier molecular flexibility index (Phi) is 3.89. The topological polar surface area (TPSA) is 42.0 Å². The molecule has 1 heterocycles. The van der Waals surface area contributed by atoms with Gasteiger partial charge in [-0.05, 0) is 18.6 Å². The Morgan fingerprint density at radius 2 is 2.43 bits per heavy atom. The second-order valence-electron chi connectivity index (χ2n) is 3.06. The first kappa shape index (κ1) is 11.0. The third kappa shape index (κ3) is 3.00. The van der Waals surface area contributed by atoms with E-state index in [0.717, 1.165) is 12.1 Å². The molecule has 0 aliphatic heterocycles. The molecule has 1 aromatic rings. The van der Waals surface area contributed by atoms with Gasteiger partial charge in [0, 0.05) is 18.1 Å². The van der Waals surface area contributed by atoms with Crippen molar-refractivity contribution in [3.63, 3.8) is 0 Å². The van der Waals surface area contributed by atoms with Crippen molar-refractivity contribution >= 4 is 17.5 Å². The van der Waals surface area contributed by atoms with Gasteiger partial charge in [0.1, 0.15) is 0 Å². The van der Waals surface area contributed by atoms with E-state index in [1.54, 1.807) is 18.3 Å². The lowest BCUT2D eigenvalue weighted by Crippen LogP contribution is -2.26. The highest BCUT2D eigenvalue weighted by Gasteiger charge is 2.11. The number of carbonyl (C=O) groups excluding carboxylic acids is 1. The van der Waals surface area contributed by atoms with E-state index in [4.69, 9.17) is 11.6 Å². The van der Waals surface area contributed by atoms with Gasteiger partial charge in [-0.25, -0.2) is 0 Å². The summed E-state index contributed by atoms with van der Waals surface area (Å²) in [6, 6.07) is 3.43. The number of carbonyl (C=O) groups is 1. The lowest BCUT2D eigenvalue weighted by atomic mass is 10.1. The van der Waals surface area contributed by atoms with E-state index in [2.05, 4.69) is 10.3 Å². The van der Waals surface area contributed by atoms with Gasteiger partial charge in [-0.2, -0.15) is 0 Å². The smallest absolute Gasteiger partial charge is 0.217 e. The van der Waals surface area contributed by atoms with Crippen LogP contribution in [0.2, 0.25) is 5.02 Å². The molecule has 1 amide bonds. The van der Waals surface area contributed by atoms with E-state index in [0.29, 0.717) is 5.02 Å². The zero-order valence-corrected chi connectivity index (χ0v) is 9.01. The summed E-state index contributed by atoms with van der Waals surface area (Å²) in [5, 5.41) is 3.45. The van der Waals surface area contributed by atoms with Crippen LogP contribution < -0.4 is 5.32 Å². The summed E-state index contributed by atoms with van der Waals surface area (Å²) in [5.41, 5.74) is 0.801. The fourth-order valence-corrected chi connectivity index (χ4v) is 1.41. The van der Waals surface area contributed by atoms with Gasteiger partial charge < -0.3 is 5.32 Å². The first-order valence-electron chi connectivity index (χ1n) is 4.52. The zero-order valence-electron chi connectivity index (χ0n) is 8.25. The van der Waals surface area contributed by atoms with Crippen molar-refractivity contribution in [2.75, 3.05) is 0 Å². The first-order chi connectivity index (χ1) is 6.63. The van der Waals surface area contributed by atoms with Crippen molar-refractivity contribution in [1.29, 1.82) is 0 Å². The Morgan fingerprint density at radius 3 is 2.93 bits per heavy atom. The normalized spacial score (nSPS) is 12.2. The van der Waals surface area contributed by atoms with Crippen LogP contribution in [0.3, 0.4) is 0 Å². The van der Waals surface area contributed by atoms with E-state index < -0.39 is 0 Å². The molecule has 1 atom stereocenters. The first-order valence-corrected chi connectivity index (χ1v) is 4.89. The number of hydrogen-bond acceptors (Lipinski definition) is 2. The predicted octanol–water partition coefficient (Wildman–Crippen LogP) is 2.32. The fourth-order valence-electron chi connectivity index (χ4n) is 1.24. The maximum atomic E-state index is 10.9. The summed E-state index contributed by atoms with van der Waals surface area (Å²) in [4.78, 5) is 15.1. The van der Waals surface area contributed by atoms with Crippen LogP contribution in [0.5, 0.6) is 0 Å². The molecule has 0 spiro atoms. The monoisotopic (exact) mass is 212 g/mol. The van der Waals surface area contributed by atoms with Gasteiger partial charge in [-0.15, -0.1) is 0 Å². The Labute approximate surface area is 88.5 Å².